The fraction of sp³-hybridized carbons (Fsp3) is 0.261. The van der Waals surface area contributed by atoms with E-state index in [1.807, 2.05) is 43.3 Å². The van der Waals surface area contributed by atoms with Crippen molar-refractivity contribution in [1.82, 2.24) is 9.78 Å². The third-order valence-corrected chi connectivity index (χ3v) is 4.76. The summed E-state index contributed by atoms with van der Waals surface area (Å²) in [5, 5.41) is 5.69. The van der Waals surface area contributed by atoms with Crippen LogP contribution in [0, 0.1) is 0 Å². The number of methoxy groups -OCH3 is 2. The Kier molecular flexibility index (Phi) is 6.98. The highest BCUT2D eigenvalue weighted by Gasteiger charge is 2.13. The zero-order valence-corrected chi connectivity index (χ0v) is 17.2. The van der Waals surface area contributed by atoms with E-state index in [1.165, 1.54) is 17.9 Å². The number of fused-ring (bicyclic) bond motifs is 1. The Balaban J connectivity index is 1.81. The van der Waals surface area contributed by atoms with E-state index in [-0.39, 0.29) is 18.3 Å². The maximum Gasteiger partial charge on any atom is 0.330 e. The van der Waals surface area contributed by atoms with E-state index >= 15 is 0 Å². The van der Waals surface area contributed by atoms with Gasteiger partial charge in [0.2, 0.25) is 0 Å². The third kappa shape index (κ3) is 4.93. The molecule has 0 fully saturated rings. The second kappa shape index (κ2) is 9.84. The summed E-state index contributed by atoms with van der Waals surface area (Å²) in [4.78, 5) is 24.1. The molecule has 1 unspecified atom stereocenters. The van der Waals surface area contributed by atoms with Crippen molar-refractivity contribution < 1.29 is 19.0 Å². The first-order valence-corrected chi connectivity index (χ1v) is 9.51. The molecule has 0 saturated heterocycles. The van der Waals surface area contributed by atoms with Crippen LogP contribution in [0.4, 0.5) is 0 Å². The molecular weight excluding hydrogens is 384 g/mol. The SMILES string of the molecule is COC(=O)/C=C/COC(C)c1cccc2c(=O)n(Cc3ccc(OC)cc3)ncc12. The van der Waals surface area contributed by atoms with E-state index in [9.17, 15) is 9.59 Å². The number of ether oxygens (including phenoxy) is 3. The molecule has 0 spiro atoms. The predicted molar refractivity (Wildman–Crippen MR) is 114 cm³/mol. The number of hydrogen-bond donors (Lipinski definition) is 0. The van der Waals surface area contributed by atoms with Gasteiger partial charge >= 0.3 is 5.97 Å². The highest BCUT2D eigenvalue weighted by molar-refractivity contribution is 5.84. The predicted octanol–water partition coefficient (Wildman–Crippen LogP) is 3.26. The van der Waals surface area contributed by atoms with E-state index in [0.29, 0.717) is 11.9 Å². The van der Waals surface area contributed by atoms with Crippen LogP contribution in [0.25, 0.3) is 10.8 Å². The van der Waals surface area contributed by atoms with Gasteiger partial charge in [0.05, 0.1) is 45.1 Å². The molecule has 0 aliphatic rings. The molecule has 1 atom stereocenters. The summed E-state index contributed by atoms with van der Waals surface area (Å²) in [6.45, 7) is 2.51. The van der Waals surface area contributed by atoms with Gasteiger partial charge in [0.25, 0.3) is 5.56 Å². The van der Waals surface area contributed by atoms with Crippen molar-refractivity contribution in [3.63, 3.8) is 0 Å². The van der Waals surface area contributed by atoms with E-state index in [0.717, 1.165) is 22.3 Å². The maximum absolute atomic E-state index is 13.0. The quantitative estimate of drug-likeness (QED) is 0.420. The molecular formula is C23H24N2O5. The Labute approximate surface area is 174 Å². The lowest BCUT2D eigenvalue weighted by Gasteiger charge is -2.15. The van der Waals surface area contributed by atoms with Crippen LogP contribution in [0.5, 0.6) is 5.75 Å². The van der Waals surface area contributed by atoms with Gasteiger partial charge in [-0.2, -0.15) is 5.10 Å². The van der Waals surface area contributed by atoms with Gasteiger partial charge in [0, 0.05) is 11.5 Å². The number of nitrogens with zero attached hydrogens (tertiary/aromatic N) is 2. The smallest absolute Gasteiger partial charge is 0.330 e. The van der Waals surface area contributed by atoms with Crippen molar-refractivity contribution in [2.24, 2.45) is 0 Å². The molecule has 0 amide bonds. The molecule has 0 bridgehead atoms. The van der Waals surface area contributed by atoms with Crippen LogP contribution in [-0.2, 0) is 20.8 Å². The van der Waals surface area contributed by atoms with E-state index in [2.05, 4.69) is 9.84 Å². The van der Waals surface area contributed by atoms with E-state index in [1.54, 1.807) is 25.4 Å². The molecule has 3 aromatic rings. The largest absolute Gasteiger partial charge is 0.497 e. The summed E-state index contributed by atoms with van der Waals surface area (Å²) in [7, 11) is 2.93. The molecule has 2 aromatic carbocycles. The second-order valence-electron chi connectivity index (χ2n) is 6.67. The number of hydrogen-bond acceptors (Lipinski definition) is 6. The minimum absolute atomic E-state index is 0.164. The Morgan fingerprint density at radius 1 is 1.13 bits per heavy atom. The van der Waals surface area contributed by atoms with Crippen molar-refractivity contribution in [3.05, 3.63) is 82.3 Å². The van der Waals surface area contributed by atoms with Crippen molar-refractivity contribution in [2.45, 2.75) is 19.6 Å². The van der Waals surface area contributed by atoms with Crippen molar-refractivity contribution in [3.8, 4) is 5.75 Å². The first kappa shape index (κ1) is 21.3. The molecule has 1 heterocycles. The zero-order valence-electron chi connectivity index (χ0n) is 17.2. The van der Waals surface area contributed by atoms with E-state index < -0.39 is 5.97 Å². The maximum atomic E-state index is 13.0. The average Bonchev–Trinajstić information content (AvgIpc) is 2.78. The molecule has 7 nitrogen and oxygen atoms in total. The first-order valence-electron chi connectivity index (χ1n) is 9.51. The first-order chi connectivity index (χ1) is 14.5. The van der Waals surface area contributed by atoms with Crippen molar-refractivity contribution in [2.75, 3.05) is 20.8 Å². The lowest BCUT2D eigenvalue weighted by Crippen LogP contribution is -2.23. The van der Waals surface area contributed by atoms with Crippen LogP contribution in [-0.4, -0.2) is 36.6 Å². The third-order valence-electron chi connectivity index (χ3n) is 4.76. The minimum Gasteiger partial charge on any atom is -0.497 e. The van der Waals surface area contributed by atoms with Gasteiger partial charge in [-0.15, -0.1) is 0 Å². The standard InChI is InChI=1S/C23H24N2O5/c1-16(30-13-5-8-22(26)29-3)19-6-4-7-20-21(19)14-24-25(23(20)27)15-17-9-11-18(28-2)12-10-17/h4-12,14,16H,13,15H2,1-3H3/b8-5+. The Morgan fingerprint density at radius 2 is 1.90 bits per heavy atom. The van der Waals surface area contributed by atoms with Crippen LogP contribution in [0.15, 0.2) is 65.6 Å². The van der Waals surface area contributed by atoms with Gasteiger partial charge in [0.15, 0.2) is 0 Å². The Bertz CT molecular complexity index is 1100. The van der Waals surface area contributed by atoms with E-state index in [4.69, 9.17) is 9.47 Å². The van der Waals surface area contributed by atoms with Crippen molar-refractivity contribution >= 4 is 16.7 Å². The highest BCUT2D eigenvalue weighted by atomic mass is 16.5. The molecule has 0 N–H and O–H groups in total. The molecule has 0 radical (unpaired) electrons. The molecule has 0 aliphatic carbocycles. The molecule has 0 saturated carbocycles. The molecule has 30 heavy (non-hydrogen) atoms. The number of carbonyl (C=O) groups is 1. The normalized spacial score (nSPS) is 12.2. The number of benzene rings is 2. The Hall–Kier alpha value is -3.45. The van der Waals surface area contributed by atoms with Gasteiger partial charge in [-0.3, -0.25) is 4.79 Å². The van der Waals surface area contributed by atoms with Gasteiger partial charge in [-0.1, -0.05) is 30.3 Å². The van der Waals surface area contributed by atoms with Crippen LogP contribution in [0.1, 0.15) is 24.2 Å². The molecule has 3 rings (SSSR count). The van der Waals surface area contributed by atoms with Gasteiger partial charge in [-0.05, 0) is 36.2 Å². The summed E-state index contributed by atoms with van der Waals surface area (Å²) in [6, 6.07) is 13.1. The van der Waals surface area contributed by atoms with Crippen LogP contribution >= 0.6 is 0 Å². The van der Waals surface area contributed by atoms with Crippen LogP contribution in [0.3, 0.4) is 0 Å². The summed E-state index contributed by atoms with van der Waals surface area (Å²) >= 11 is 0. The molecule has 156 valence electrons. The number of carbonyl (C=O) groups excluding carboxylic acids is 1. The number of aromatic nitrogens is 2. The topological polar surface area (TPSA) is 79.7 Å². The minimum atomic E-state index is -0.432. The molecule has 7 heteroatoms. The summed E-state index contributed by atoms with van der Waals surface area (Å²) in [5.74, 6) is 0.329. The lowest BCUT2D eigenvalue weighted by molar-refractivity contribution is -0.134. The summed E-state index contributed by atoms with van der Waals surface area (Å²) in [6.07, 6.45) is 4.32. The Morgan fingerprint density at radius 3 is 2.60 bits per heavy atom. The second-order valence-corrected chi connectivity index (χ2v) is 6.67. The molecule has 0 aliphatic heterocycles. The fourth-order valence-corrected chi connectivity index (χ4v) is 3.11. The number of rotatable bonds is 8. The van der Waals surface area contributed by atoms with Crippen LogP contribution < -0.4 is 10.3 Å². The highest BCUT2D eigenvalue weighted by Crippen LogP contribution is 2.24. The molecule has 1 aromatic heterocycles. The number of esters is 1. The van der Waals surface area contributed by atoms with Crippen molar-refractivity contribution in [1.29, 1.82) is 0 Å². The fourth-order valence-electron chi connectivity index (χ4n) is 3.11. The summed E-state index contributed by atoms with van der Waals surface area (Å²) in [5.41, 5.74) is 1.65. The summed E-state index contributed by atoms with van der Waals surface area (Å²) < 4.78 is 16.9. The van der Waals surface area contributed by atoms with Gasteiger partial charge < -0.3 is 14.2 Å². The monoisotopic (exact) mass is 408 g/mol. The average molecular weight is 408 g/mol. The lowest BCUT2D eigenvalue weighted by atomic mass is 10.0. The van der Waals surface area contributed by atoms with Gasteiger partial charge in [0.1, 0.15) is 5.75 Å². The van der Waals surface area contributed by atoms with Crippen LogP contribution in [0.2, 0.25) is 0 Å². The van der Waals surface area contributed by atoms with Gasteiger partial charge in [-0.25, -0.2) is 9.48 Å². The zero-order chi connectivity index (χ0) is 21.5.